The molecule has 1 aromatic rings. The molecule has 1 aliphatic carbocycles. The van der Waals surface area contributed by atoms with Gasteiger partial charge < -0.3 is 10.6 Å². The quantitative estimate of drug-likeness (QED) is 0.820. The lowest BCUT2D eigenvalue weighted by atomic mass is 9.79. The molecule has 3 heteroatoms. The van der Waals surface area contributed by atoms with Gasteiger partial charge in [0.05, 0.1) is 0 Å². The van der Waals surface area contributed by atoms with E-state index in [1.807, 2.05) is 6.07 Å². The molecule has 2 atom stereocenters. The van der Waals surface area contributed by atoms with Crippen molar-refractivity contribution in [3.63, 3.8) is 0 Å². The molecule has 2 rings (SSSR count). The number of nitrogens with one attached hydrogen (secondary N) is 2. The van der Waals surface area contributed by atoms with E-state index in [-0.39, 0.29) is 17.5 Å². The summed E-state index contributed by atoms with van der Waals surface area (Å²) in [5, 5.41) is 6.12. The fourth-order valence-electron chi connectivity index (χ4n) is 3.01. The summed E-state index contributed by atoms with van der Waals surface area (Å²) < 4.78 is 0. The number of carbonyl (C=O) groups excluding carboxylic acids is 1. The van der Waals surface area contributed by atoms with Crippen LogP contribution in [0.4, 0.5) is 4.79 Å². The van der Waals surface area contributed by atoms with E-state index in [2.05, 4.69) is 62.6 Å². The van der Waals surface area contributed by atoms with Gasteiger partial charge in [-0.25, -0.2) is 4.79 Å². The van der Waals surface area contributed by atoms with Crippen LogP contribution in [-0.4, -0.2) is 18.1 Å². The lowest BCUT2D eigenvalue weighted by Gasteiger charge is -2.29. The third kappa shape index (κ3) is 4.76. The Morgan fingerprint density at radius 3 is 2.38 bits per heavy atom. The highest BCUT2D eigenvalue weighted by Gasteiger charge is 2.29. The Labute approximate surface area is 128 Å². The van der Waals surface area contributed by atoms with Crippen LogP contribution in [0, 0.1) is 5.92 Å². The highest BCUT2D eigenvalue weighted by molar-refractivity contribution is 5.74. The third-order valence-electron chi connectivity index (χ3n) is 4.44. The topological polar surface area (TPSA) is 41.1 Å². The van der Waals surface area contributed by atoms with Crippen LogP contribution in [-0.2, 0) is 5.41 Å². The summed E-state index contributed by atoms with van der Waals surface area (Å²) in [6.07, 6.45) is 3.41. The Hall–Kier alpha value is -1.51. The molecule has 0 radical (unpaired) electrons. The van der Waals surface area contributed by atoms with Gasteiger partial charge in [0.15, 0.2) is 0 Å². The van der Waals surface area contributed by atoms with Crippen molar-refractivity contribution in [1.82, 2.24) is 10.6 Å². The highest BCUT2D eigenvalue weighted by atomic mass is 16.2. The van der Waals surface area contributed by atoms with Gasteiger partial charge in [-0.15, -0.1) is 0 Å². The molecular weight excluding hydrogens is 260 g/mol. The fraction of sp³-hybridized carbons (Fsp3) is 0.611. The molecule has 1 saturated carbocycles. The van der Waals surface area contributed by atoms with E-state index in [1.54, 1.807) is 0 Å². The minimum absolute atomic E-state index is 0.0363. The zero-order valence-electron chi connectivity index (χ0n) is 13.6. The van der Waals surface area contributed by atoms with Gasteiger partial charge in [-0.05, 0) is 50.0 Å². The average Bonchev–Trinajstić information content (AvgIpc) is 3.22. The number of urea groups is 1. The number of benzene rings is 1. The molecule has 0 aromatic heterocycles. The van der Waals surface area contributed by atoms with Crippen LogP contribution in [0.5, 0.6) is 0 Å². The maximum absolute atomic E-state index is 12.0. The SMILES string of the molecule is CC(CC(C)(C)c1ccccc1)NC(=O)NC(C)C1CC1. The molecule has 0 aliphatic heterocycles. The molecule has 1 aliphatic rings. The van der Waals surface area contributed by atoms with E-state index in [0.29, 0.717) is 12.0 Å². The molecule has 0 bridgehead atoms. The first-order chi connectivity index (χ1) is 9.88. The maximum Gasteiger partial charge on any atom is 0.315 e. The molecular formula is C18H28N2O. The summed E-state index contributed by atoms with van der Waals surface area (Å²) in [7, 11) is 0. The molecule has 2 unspecified atom stereocenters. The lowest BCUT2D eigenvalue weighted by Crippen LogP contribution is -2.46. The van der Waals surface area contributed by atoms with Crippen LogP contribution < -0.4 is 10.6 Å². The molecule has 2 amide bonds. The van der Waals surface area contributed by atoms with Crippen LogP contribution in [0.1, 0.15) is 52.5 Å². The van der Waals surface area contributed by atoms with Crippen molar-refractivity contribution < 1.29 is 4.79 Å². The number of rotatable bonds is 6. The minimum Gasteiger partial charge on any atom is -0.336 e. The van der Waals surface area contributed by atoms with Gasteiger partial charge in [-0.1, -0.05) is 44.2 Å². The molecule has 21 heavy (non-hydrogen) atoms. The van der Waals surface area contributed by atoms with Crippen molar-refractivity contribution in [3.05, 3.63) is 35.9 Å². The maximum atomic E-state index is 12.0. The number of amides is 2. The fourth-order valence-corrected chi connectivity index (χ4v) is 3.01. The zero-order chi connectivity index (χ0) is 15.5. The molecule has 0 spiro atoms. The Morgan fingerprint density at radius 2 is 1.81 bits per heavy atom. The molecule has 3 nitrogen and oxygen atoms in total. The smallest absolute Gasteiger partial charge is 0.315 e. The first-order valence-electron chi connectivity index (χ1n) is 8.01. The van der Waals surface area contributed by atoms with E-state index in [1.165, 1.54) is 18.4 Å². The highest BCUT2D eigenvalue weighted by Crippen LogP contribution is 2.32. The van der Waals surface area contributed by atoms with Crippen LogP contribution in [0.3, 0.4) is 0 Å². The molecule has 1 aromatic carbocycles. The molecule has 0 saturated heterocycles. The molecule has 0 heterocycles. The summed E-state index contributed by atoms with van der Waals surface area (Å²) in [5.74, 6) is 0.687. The molecule has 116 valence electrons. The zero-order valence-corrected chi connectivity index (χ0v) is 13.6. The largest absolute Gasteiger partial charge is 0.336 e. The first kappa shape index (κ1) is 15.9. The summed E-state index contributed by atoms with van der Waals surface area (Å²) in [4.78, 5) is 12.0. The van der Waals surface area contributed by atoms with Gasteiger partial charge in [0.2, 0.25) is 0 Å². The van der Waals surface area contributed by atoms with E-state index in [9.17, 15) is 4.79 Å². The Balaban J connectivity index is 1.82. The van der Waals surface area contributed by atoms with Crippen molar-refractivity contribution in [2.24, 2.45) is 5.92 Å². The van der Waals surface area contributed by atoms with Crippen LogP contribution in [0.25, 0.3) is 0 Å². The Morgan fingerprint density at radius 1 is 1.19 bits per heavy atom. The summed E-state index contributed by atoms with van der Waals surface area (Å²) >= 11 is 0. The van der Waals surface area contributed by atoms with Crippen LogP contribution >= 0.6 is 0 Å². The van der Waals surface area contributed by atoms with E-state index in [4.69, 9.17) is 0 Å². The second-order valence-corrected chi connectivity index (χ2v) is 7.10. The predicted molar refractivity (Wildman–Crippen MR) is 87.4 cm³/mol. The number of carbonyl (C=O) groups is 1. The monoisotopic (exact) mass is 288 g/mol. The summed E-state index contributed by atoms with van der Waals surface area (Å²) in [5.41, 5.74) is 1.36. The van der Waals surface area contributed by atoms with Crippen LogP contribution in [0.2, 0.25) is 0 Å². The average molecular weight is 288 g/mol. The van der Waals surface area contributed by atoms with Crippen molar-refractivity contribution in [2.75, 3.05) is 0 Å². The van der Waals surface area contributed by atoms with Gasteiger partial charge in [-0.3, -0.25) is 0 Å². The first-order valence-corrected chi connectivity index (χ1v) is 8.01. The number of hydrogen-bond acceptors (Lipinski definition) is 1. The van der Waals surface area contributed by atoms with Gasteiger partial charge in [0.1, 0.15) is 0 Å². The van der Waals surface area contributed by atoms with Gasteiger partial charge in [-0.2, -0.15) is 0 Å². The van der Waals surface area contributed by atoms with Crippen molar-refractivity contribution in [1.29, 1.82) is 0 Å². The minimum atomic E-state index is -0.0363. The van der Waals surface area contributed by atoms with Crippen molar-refractivity contribution in [2.45, 2.75) is 64.5 Å². The molecule has 1 fully saturated rings. The standard InChI is InChI=1S/C18H28N2O/c1-13(19-17(21)20-14(2)15-10-11-15)12-18(3,4)16-8-6-5-7-9-16/h5-9,13-15H,10-12H2,1-4H3,(H2,19,20,21). The Bertz CT molecular complexity index is 465. The van der Waals surface area contributed by atoms with Gasteiger partial charge >= 0.3 is 6.03 Å². The third-order valence-corrected chi connectivity index (χ3v) is 4.44. The predicted octanol–water partition coefficient (Wildman–Crippen LogP) is 3.84. The second kappa shape index (κ2) is 6.50. The second-order valence-electron chi connectivity index (χ2n) is 7.10. The van der Waals surface area contributed by atoms with Crippen molar-refractivity contribution >= 4 is 6.03 Å². The van der Waals surface area contributed by atoms with Gasteiger partial charge in [0, 0.05) is 12.1 Å². The summed E-state index contributed by atoms with van der Waals surface area (Å²) in [6.45, 7) is 8.62. The Kier molecular flexibility index (Phi) is 4.92. The molecule has 2 N–H and O–H groups in total. The van der Waals surface area contributed by atoms with Crippen molar-refractivity contribution in [3.8, 4) is 0 Å². The van der Waals surface area contributed by atoms with E-state index in [0.717, 1.165) is 6.42 Å². The van der Waals surface area contributed by atoms with Crippen LogP contribution in [0.15, 0.2) is 30.3 Å². The van der Waals surface area contributed by atoms with E-state index >= 15 is 0 Å². The van der Waals surface area contributed by atoms with E-state index < -0.39 is 0 Å². The summed E-state index contributed by atoms with van der Waals surface area (Å²) in [6, 6.07) is 10.9. The van der Waals surface area contributed by atoms with Gasteiger partial charge in [0.25, 0.3) is 0 Å². The lowest BCUT2D eigenvalue weighted by molar-refractivity contribution is 0.230. The number of hydrogen-bond donors (Lipinski definition) is 2. The normalized spacial score (nSPS) is 17.9.